The molecule has 3 aromatic rings. The zero-order valence-electron chi connectivity index (χ0n) is 21.2. The van der Waals surface area contributed by atoms with E-state index in [1.54, 1.807) is 37.3 Å². The number of benzene rings is 1. The maximum absolute atomic E-state index is 14.0. The number of ether oxygens (including phenoxy) is 3. The Morgan fingerprint density at radius 3 is 2.74 bits per heavy atom. The largest absolute Gasteiger partial charge is 0.486 e. The van der Waals surface area contributed by atoms with Gasteiger partial charge < -0.3 is 14.2 Å². The van der Waals surface area contributed by atoms with Gasteiger partial charge in [0.1, 0.15) is 17.5 Å². The molecule has 4 rings (SSSR count). The van der Waals surface area contributed by atoms with Crippen molar-refractivity contribution in [1.29, 1.82) is 0 Å². The Morgan fingerprint density at radius 1 is 1.24 bits per heavy atom. The topological polar surface area (TPSA) is 126 Å². The lowest BCUT2D eigenvalue weighted by Crippen LogP contribution is -2.43. The van der Waals surface area contributed by atoms with Gasteiger partial charge in [0.05, 0.1) is 25.9 Å². The van der Waals surface area contributed by atoms with Gasteiger partial charge >= 0.3 is 5.97 Å². The lowest BCUT2D eigenvalue weighted by atomic mass is 10.1. The number of anilines is 1. The summed E-state index contributed by atoms with van der Waals surface area (Å²) >= 11 is 6.10. The van der Waals surface area contributed by atoms with Crippen molar-refractivity contribution in [2.75, 3.05) is 24.6 Å². The van der Waals surface area contributed by atoms with Crippen LogP contribution in [-0.4, -0.2) is 60.5 Å². The minimum absolute atomic E-state index is 0.0155. The lowest BCUT2D eigenvalue weighted by Gasteiger charge is -2.35. The molecule has 11 nitrogen and oxygen atoms in total. The third-order valence-corrected chi connectivity index (χ3v) is 7.85. The standard InChI is InChI=1S/C25H28ClN5O6S/c1-4-30-16-22(25(29-30)36-5-2)38(33,34)31-15-18(8-11-23(32)35-3)37-21-10-7-17(14-20(21)31)6-9-19-24(26)28-13-12-27-19/h6-7,9-10,12-14,16,18H,4-5,8,11,15H2,1-3H3/b9-6+. The van der Waals surface area contributed by atoms with E-state index >= 15 is 0 Å². The molecule has 0 saturated heterocycles. The fourth-order valence-corrected chi connectivity index (χ4v) is 5.63. The number of nitrogens with zero attached hydrogens (tertiary/aromatic N) is 5. The molecule has 0 radical (unpaired) electrons. The summed E-state index contributed by atoms with van der Waals surface area (Å²) in [5.41, 5.74) is 1.51. The average Bonchev–Trinajstić information content (AvgIpc) is 3.35. The van der Waals surface area contributed by atoms with E-state index in [1.165, 1.54) is 34.7 Å². The number of aryl methyl sites for hydroxylation is 1. The Kier molecular flexibility index (Phi) is 8.52. The highest BCUT2D eigenvalue weighted by molar-refractivity contribution is 7.93. The Labute approximate surface area is 226 Å². The van der Waals surface area contributed by atoms with Gasteiger partial charge in [-0.3, -0.25) is 18.8 Å². The quantitative estimate of drug-likeness (QED) is 0.339. The molecule has 1 atom stereocenters. The molecule has 1 aromatic carbocycles. The van der Waals surface area contributed by atoms with Crippen molar-refractivity contribution in [1.82, 2.24) is 19.7 Å². The third-order valence-electron chi connectivity index (χ3n) is 5.80. The van der Waals surface area contributed by atoms with Crippen LogP contribution in [0.15, 0.2) is 41.7 Å². The van der Waals surface area contributed by atoms with Gasteiger partial charge in [0.2, 0.25) is 0 Å². The predicted octanol–water partition coefficient (Wildman–Crippen LogP) is 3.83. The van der Waals surface area contributed by atoms with E-state index in [9.17, 15) is 13.2 Å². The molecule has 0 saturated carbocycles. The molecular weight excluding hydrogens is 534 g/mol. The van der Waals surface area contributed by atoms with Crippen LogP contribution in [0.25, 0.3) is 12.2 Å². The van der Waals surface area contributed by atoms with E-state index in [4.69, 9.17) is 25.8 Å². The van der Waals surface area contributed by atoms with Crippen LogP contribution in [0.3, 0.4) is 0 Å². The summed E-state index contributed by atoms with van der Waals surface area (Å²) in [5, 5.41) is 4.52. The molecule has 1 unspecified atom stereocenters. The molecule has 0 spiro atoms. The van der Waals surface area contributed by atoms with E-state index in [1.807, 2.05) is 6.92 Å². The van der Waals surface area contributed by atoms with Gasteiger partial charge in [-0.2, -0.15) is 0 Å². The van der Waals surface area contributed by atoms with Crippen molar-refractivity contribution in [2.45, 2.75) is 44.2 Å². The first-order chi connectivity index (χ1) is 18.3. The molecule has 0 aliphatic carbocycles. The zero-order valence-corrected chi connectivity index (χ0v) is 22.8. The van der Waals surface area contributed by atoms with E-state index in [2.05, 4.69) is 15.1 Å². The number of methoxy groups -OCH3 is 1. The van der Waals surface area contributed by atoms with Crippen molar-refractivity contribution in [3.05, 3.63) is 53.2 Å². The second-order valence-electron chi connectivity index (χ2n) is 8.27. The molecule has 38 heavy (non-hydrogen) atoms. The monoisotopic (exact) mass is 561 g/mol. The van der Waals surface area contributed by atoms with Crippen LogP contribution in [0.4, 0.5) is 5.69 Å². The van der Waals surface area contributed by atoms with Gasteiger partial charge in [0.25, 0.3) is 15.9 Å². The first-order valence-corrected chi connectivity index (χ1v) is 13.8. The van der Waals surface area contributed by atoms with Gasteiger partial charge in [-0.15, -0.1) is 5.10 Å². The van der Waals surface area contributed by atoms with E-state index < -0.39 is 22.1 Å². The average molecular weight is 562 g/mol. The van der Waals surface area contributed by atoms with Gasteiger partial charge in [-0.05, 0) is 44.0 Å². The van der Waals surface area contributed by atoms with Gasteiger partial charge in [-0.1, -0.05) is 23.7 Å². The molecule has 0 fully saturated rings. The Hall–Kier alpha value is -3.64. The van der Waals surface area contributed by atoms with Crippen LogP contribution in [0.2, 0.25) is 5.15 Å². The fraction of sp³-hybridized carbons (Fsp3) is 0.360. The van der Waals surface area contributed by atoms with Crippen molar-refractivity contribution in [3.8, 4) is 11.6 Å². The molecule has 13 heteroatoms. The summed E-state index contributed by atoms with van der Waals surface area (Å²) in [5.74, 6) is -0.00752. The summed E-state index contributed by atoms with van der Waals surface area (Å²) in [7, 11) is -2.82. The number of carbonyl (C=O) groups excluding carboxylic acids is 1. The van der Waals surface area contributed by atoms with Crippen LogP contribution in [0, 0.1) is 0 Å². The highest BCUT2D eigenvalue weighted by Crippen LogP contribution is 2.40. The van der Waals surface area contributed by atoms with Crippen LogP contribution >= 0.6 is 11.6 Å². The number of fused-ring (bicyclic) bond motifs is 1. The highest BCUT2D eigenvalue weighted by Gasteiger charge is 2.37. The summed E-state index contributed by atoms with van der Waals surface area (Å²) in [6.07, 6.45) is 7.71. The Morgan fingerprint density at radius 2 is 2.03 bits per heavy atom. The smallest absolute Gasteiger partial charge is 0.305 e. The Balaban J connectivity index is 1.75. The first kappa shape index (κ1) is 27.4. The molecule has 2 aromatic heterocycles. The summed E-state index contributed by atoms with van der Waals surface area (Å²) < 4.78 is 47.3. The first-order valence-electron chi connectivity index (χ1n) is 12.0. The molecule has 0 N–H and O–H groups in total. The summed E-state index contributed by atoms with van der Waals surface area (Å²) in [6, 6.07) is 5.18. The normalized spacial score (nSPS) is 15.3. The summed E-state index contributed by atoms with van der Waals surface area (Å²) in [6.45, 7) is 4.32. The Bertz CT molecular complexity index is 1440. The van der Waals surface area contributed by atoms with Crippen LogP contribution < -0.4 is 13.8 Å². The van der Waals surface area contributed by atoms with Gasteiger partial charge in [0.15, 0.2) is 10.0 Å². The number of halogens is 1. The zero-order chi connectivity index (χ0) is 27.3. The van der Waals surface area contributed by atoms with Gasteiger partial charge in [0, 0.05) is 31.6 Å². The van der Waals surface area contributed by atoms with Crippen molar-refractivity contribution in [2.24, 2.45) is 0 Å². The third kappa shape index (κ3) is 5.91. The fourth-order valence-electron chi connectivity index (χ4n) is 3.89. The second kappa shape index (κ2) is 11.8. The van der Waals surface area contributed by atoms with Crippen LogP contribution in [-0.2, 0) is 26.1 Å². The number of sulfonamides is 1. The number of aromatic nitrogens is 4. The molecule has 0 amide bonds. The molecule has 202 valence electrons. The van der Waals surface area contributed by atoms with E-state index in [-0.39, 0.29) is 41.9 Å². The number of hydrogen-bond donors (Lipinski definition) is 0. The molecule has 1 aliphatic rings. The molecule has 3 heterocycles. The van der Waals surface area contributed by atoms with Crippen LogP contribution in [0.5, 0.6) is 11.6 Å². The minimum atomic E-state index is -4.12. The van der Waals surface area contributed by atoms with Crippen molar-refractivity contribution >= 4 is 45.4 Å². The predicted molar refractivity (Wildman–Crippen MR) is 142 cm³/mol. The number of carbonyl (C=O) groups is 1. The lowest BCUT2D eigenvalue weighted by molar-refractivity contribution is -0.141. The second-order valence-corrected chi connectivity index (χ2v) is 10.5. The number of hydrogen-bond acceptors (Lipinski definition) is 9. The maximum atomic E-state index is 14.0. The van der Waals surface area contributed by atoms with E-state index in [0.717, 1.165) is 0 Å². The highest BCUT2D eigenvalue weighted by atomic mass is 35.5. The molecule has 1 aliphatic heterocycles. The minimum Gasteiger partial charge on any atom is -0.486 e. The van der Waals surface area contributed by atoms with Crippen LogP contribution in [0.1, 0.15) is 37.9 Å². The van der Waals surface area contributed by atoms with Crippen molar-refractivity contribution < 1.29 is 27.4 Å². The maximum Gasteiger partial charge on any atom is 0.305 e. The molecule has 0 bridgehead atoms. The van der Waals surface area contributed by atoms with Crippen molar-refractivity contribution in [3.63, 3.8) is 0 Å². The number of rotatable bonds is 10. The summed E-state index contributed by atoms with van der Waals surface area (Å²) in [4.78, 5) is 19.9. The molecular formula is C25H28ClN5O6S. The van der Waals surface area contributed by atoms with E-state index in [0.29, 0.717) is 29.2 Å². The number of esters is 1. The van der Waals surface area contributed by atoms with Gasteiger partial charge in [-0.25, -0.2) is 13.4 Å². The SMILES string of the molecule is CCOc1nn(CC)cc1S(=O)(=O)N1CC(CCC(=O)OC)Oc2ccc(/C=C/c3nccnc3Cl)cc21.